The molecule has 0 saturated heterocycles. The van der Waals surface area contributed by atoms with E-state index < -0.39 is 17.8 Å². The fourth-order valence-corrected chi connectivity index (χ4v) is 3.08. The van der Waals surface area contributed by atoms with E-state index in [1.54, 1.807) is 12.1 Å². The molecule has 3 aromatic rings. The number of carboxylic acids is 1. The van der Waals surface area contributed by atoms with E-state index in [-0.39, 0.29) is 26.0 Å². The topological polar surface area (TPSA) is 106 Å². The maximum atomic E-state index is 13.0. The Morgan fingerprint density at radius 2 is 1.58 bits per heavy atom. The number of nitrogen functional groups attached to an aromatic ring is 1. The third-order valence-electron chi connectivity index (χ3n) is 4.78. The lowest BCUT2D eigenvalue weighted by Crippen LogP contribution is -2.34. The number of nitrogens with zero attached hydrogens (tertiary/aromatic N) is 2. The number of benzene rings is 2. The van der Waals surface area contributed by atoms with Gasteiger partial charge in [0.05, 0.1) is 12.5 Å². The SMILES string of the molecule is Nc1ccc(CC(CC(=O)N(Cc2ccccc2)OCc2ccccc2)C(=O)O)cn1. The summed E-state index contributed by atoms with van der Waals surface area (Å²) in [6.45, 7) is 0.432. The summed E-state index contributed by atoms with van der Waals surface area (Å²) < 4.78 is 0. The van der Waals surface area contributed by atoms with Gasteiger partial charge in [-0.1, -0.05) is 66.7 Å². The van der Waals surface area contributed by atoms with E-state index in [1.807, 2.05) is 60.7 Å². The van der Waals surface area contributed by atoms with Gasteiger partial charge < -0.3 is 10.8 Å². The Bertz CT molecular complexity index is 979. The zero-order valence-electron chi connectivity index (χ0n) is 17.1. The van der Waals surface area contributed by atoms with Crippen LogP contribution in [-0.4, -0.2) is 27.0 Å². The number of carbonyl (C=O) groups is 2. The maximum Gasteiger partial charge on any atom is 0.307 e. The minimum absolute atomic E-state index is 0.173. The number of hydrogen-bond acceptors (Lipinski definition) is 5. The highest BCUT2D eigenvalue weighted by Crippen LogP contribution is 2.17. The number of anilines is 1. The summed E-state index contributed by atoms with van der Waals surface area (Å²) in [5.74, 6) is -1.99. The van der Waals surface area contributed by atoms with E-state index in [4.69, 9.17) is 10.6 Å². The molecule has 1 unspecified atom stereocenters. The average Bonchev–Trinajstić information content (AvgIpc) is 2.78. The summed E-state index contributed by atoms with van der Waals surface area (Å²) in [6.07, 6.45) is 1.51. The first-order valence-electron chi connectivity index (χ1n) is 9.95. The van der Waals surface area contributed by atoms with Crippen LogP contribution in [0.15, 0.2) is 79.0 Å². The van der Waals surface area contributed by atoms with Gasteiger partial charge in [-0.25, -0.2) is 10.0 Å². The van der Waals surface area contributed by atoms with E-state index in [0.29, 0.717) is 11.4 Å². The van der Waals surface area contributed by atoms with Crippen LogP contribution in [0, 0.1) is 5.92 Å². The van der Waals surface area contributed by atoms with Gasteiger partial charge in [0.25, 0.3) is 0 Å². The van der Waals surface area contributed by atoms with Crippen LogP contribution >= 0.6 is 0 Å². The Morgan fingerprint density at radius 3 is 2.16 bits per heavy atom. The first-order valence-corrected chi connectivity index (χ1v) is 9.95. The Balaban J connectivity index is 1.71. The summed E-state index contributed by atoms with van der Waals surface area (Å²) >= 11 is 0. The zero-order chi connectivity index (χ0) is 22.1. The molecule has 0 fully saturated rings. The Morgan fingerprint density at radius 1 is 0.935 bits per heavy atom. The van der Waals surface area contributed by atoms with Gasteiger partial charge in [0, 0.05) is 12.6 Å². The van der Waals surface area contributed by atoms with E-state index in [9.17, 15) is 14.7 Å². The highest BCUT2D eigenvalue weighted by Gasteiger charge is 2.26. The maximum absolute atomic E-state index is 13.0. The van der Waals surface area contributed by atoms with Crippen molar-refractivity contribution < 1.29 is 19.5 Å². The molecule has 1 aromatic heterocycles. The first-order chi connectivity index (χ1) is 15.0. The monoisotopic (exact) mass is 419 g/mol. The van der Waals surface area contributed by atoms with Gasteiger partial charge in [0.2, 0.25) is 5.91 Å². The van der Waals surface area contributed by atoms with Crippen LogP contribution in [0.4, 0.5) is 5.82 Å². The van der Waals surface area contributed by atoms with Crippen LogP contribution in [0.1, 0.15) is 23.1 Å². The number of pyridine rings is 1. The highest BCUT2D eigenvalue weighted by molar-refractivity contribution is 5.82. The number of nitrogens with two attached hydrogens (primary N) is 1. The van der Waals surface area contributed by atoms with Crippen molar-refractivity contribution in [3.63, 3.8) is 0 Å². The number of hydrogen-bond donors (Lipinski definition) is 2. The molecule has 1 atom stereocenters. The number of aliphatic carboxylic acids is 1. The summed E-state index contributed by atoms with van der Waals surface area (Å²) in [5.41, 5.74) is 8.09. The number of carboxylic acid groups (broad SMARTS) is 1. The molecule has 2 aromatic carbocycles. The summed E-state index contributed by atoms with van der Waals surface area (Å²) in [7, 11) is 0. The van der Waals surface area contributed by atoms with Gasteiger partial charge in [-0.2, -0.15) is 0 Å². The molecule has 0 aliphatic rings. The van der Waals surface area contributed by atoms with Crippen LogP contribution in [-0.2, 0) is 34.0 Å². The second-order valence-corrected chi connectivity index (χ2v) is 7.21. The van der Waals surface area contributed by atoms with Gasteiger partial charge in [-0.3, -0.25) is 14.4 Å². The molecule has 0 radical (unpaired) electrons. The molecule has 7 nitrogen and oxygen atoms in total. The second-order valence-electron chi connectivity index (χ2n) is 7.21. The average molecular weight is 419 g/mol. The third kappa shape index (κ3) is 6.94. The minimum atomic E-state index is -1.05. The summed E-state index contributed by atoms with van der Waals surface area (Å²) in [6, 6.07) is 22.2. The van der Waals surface area contributed by atoms with Gasteiger partial charge in [0.1, 0.15) is 12.4 Å². The molecular formula is C24H25N3O4. The second kappa shape index (κ2) is 10.9. The van der Waals surface area contributed by atoms with Crippen LogP contribution in [0.5, 0.6) is 0 Å². The number of carbonyl (C=O) groups excluding carboxylic acids is 1. The normalized spacial score (nSPS) is 11.6. The van der Waals surface area contributed by atoms with Crippen LogP contribution in [0.25, 0.3) is 0 Å². The van der Waals surface area contributed by atoms with Gasteiger partial charge >= 0.3 is 5.97 Å². The molecule has 160 valence electrons. The summed E-state index contributed by atoms with van der Waals surface area (Å²) in [4.78, 5) is 34.6. The largest absolute Gasteiger partial charge is 0.481 e. The minimum Gasteiger partial charge on any atom is -0.481 e. The van der Waals surface area contributed by atoms with Crippen molar-refractivity contribution in [2.75, 3.05) is 5.73 Å². The predicted molar refractivity (Wildman–Crippen MR) is 116 cm³/mol. The fraction of sp³-hybridized carbons (Fsp3) is 0.208. The van der Waals surface area contributed by atoms with Crippen LogP contribution in [0.3, 0.4) is 0 Å². The number of hydroxylamine groups is 2. The lowest BCUT2D eigenvalue weighted by Gasteiger charge is -2.24. The molecule has 3 N–H and O–H groups in total. The zero-order valence-corrected chi connectivity index (χ0v) is 17.1. The number of rotatable bonds is 10. The van der Waals surface area contributed by atoms with Crippen molar-refractivity contribution >= 4 is 17.7 Å². The van der Waals surface area contributed by atoms with Crippen molar-refractivity contribution in [2.24, 2.45) is 5.92 Å². The molecular weight excluding hydrogens is 394 g/mol. The van der Waals surface area contributed by atoms with Crippen molar-refractivity contribution in [3.05, 3.63) is 95.7 Å². The summed E-state index contributed by atoms with van der Waals surface area (Å²) in [5, 5.41) is 10.9. The van der Waals surface area contributed by atoms with E-state index in [0.717, 1.165) is 11.1 Å². The predicted octanol–water partition coefficient (Wildman–Crippen LogP) is 3.46. The first kappa shape index (κ1) is 22.0. The molecule has 3 rings (SSSR count). The van der Waals surface area contributed by atoms with Gasteiger partial charge in [0.15, 0.2) is 0 Å². The van der Waals surface area contributed by atoms with Crippen molar-refractivity contribution in [1.82, 2.24) is 10.0 Å². The molecule has 7 heteroatoms. The quantitative estimate of drug-likeness (QED) is 0.488. The van der Waals surface area contributed by atoms with Crippen molar-refractivity contribution in [3.8, 4) is 0 Å². The van der Waals surface area contributed by atoms with Gasteiger partial charge in [-0.05, 0) is 29.2 Å². The van der Waals surface area contributed by atoms with Gasteiger partial charge in [-0.15, -0.1) is 0 Å². The van der Waals surface area contributed by atoms with E-state index in [2.05, 4.69) is 4.98 Å². The van der Waals surface area contributed by atoms with E-state index >= 15 is 0 Å². The molecule has 0 saturated carbocycles. The molecule has 0 bridgehead atoms. The standard InChI is InChI=1S/C24H25N3O4/c25-22-12-11-20(15-26-22)13-21(24(29)30)14-23(28)27(16-18-7-3-1-4-8-18)31-17-19-9-5-2-6-10-19/h1-12,15,21H,13-14,16-17H2,(H2,25,26)(H,29,30). The van der Waals surface area contributed by atoms with Crippen LogP contribution in [0.2, 0.25) is 0 Å². The van der Waals surface area contributed by atoms with E-state index in [1.165, 1.54) is 11.3 Å². The molecule has 31 heavy (non-hydrogen) atoms. The number of aromatic nitrogens is 1. The third-order valence-corrected chi connectivity index (χ3v) is 4.78. The van der Waals surface area contributed by atoms with Crippen LogP contribution < -0.4 is 5.73 Å². The highest BCUT2D eigenvalue weighted by atomic mass is 16.7. The molecule has 1 heterocycles. The fourth-order valence-electron chi connectivity index (χ4n) is 3.08. The lowest BCUT2D eigenvalue weighted by atomic mass is 9.96. The molecule has 0 aliphatic carbocycles. The number of amides is 1. The molecule has 1 amide bonds. The molecule has 0 spiro atoms. The molecule has 0 aliphatic heterocycles. The van der Waals surface area contributed by atoms with Crippen molar-refractivity contribution in [1.29, 1.82) is 0 Å². The smallest absolute Gasteiger partial charge is 0.307 e. The van der Waals surface area contributed by atoms with Crippen molar-refractivity contribution in [2.45, 2.75) is 26.0 Å². The Hall–Kier alpha value is -3.71. The lowest BCUT2D eigenvalue weighted by molar-refractivity contribution is -0.197. The Kier molecular flexibility index (Phi) is 7.73. The Labute approximate surface area is 181 Å².